The first-order valence-corrected chi connectivity index (χ1v) is 6.33. The van der Waals surface area contributed by atoms with Gasteiger partial charge in [-0.05, 0) is 45.2 Å². The lowest BCUT2D eigenvalue weighted by atomic mass is 10.2. The van der Waals surface area contributed by atoms with Crippen molar-refractivity contribution in [2.45, 2.75) is 46.0 Å². The Kier molecular flexibility index (Phi) is 11.1. The van der Waals surface area contributed by atoms with E-state index in [0.29, 0.717) is 0 Å². The van der Waals surface area contributed by atoms with E-state index in [4.69, 9.17) is 0 Å². The van der Waals surface area contributed by atoms with Crippen LogP contribution in [-0.4, -0.2) is 24.5 Å². The number of allylic oxidation sites excluding steroid dienone is 2. The lowest BCUT2D eigenvalue weighted by Crippen LogP contribution is -2.25. The molecule has 0 unspecified atom stereocenters. The van der Waals surface area contributed by atoms with Gasteiger partial charge >= 0.3 is 0 Å². The minimum Gasteiger partial charge on any atom is -0.300 e. The standard InChI is InChI=1S/C14H27N/c1-4-7-8-9-10-11-14-15(12-5-2)13-6-3/h4,10-11H,1,5-9,12-14H2,2-3H3/b11-10+. The summed E-state index contributed by atoms with van der Waals surface area (Å²) in [6.07, 6.45) is 12.7. The van der Waals surface area contributed by atoms with Crippen LogP contribution in [0.15, 0.2) is 24.8 Å². The molecule has 0 heterocycles. The Morgan fingerprint density at radius 3 is 2.20 bits per heavy atom. The minimum absolute atomic E-state index is 1.12. The Hall–Kier alpha value is -0.560. The topological polar surface area (TPSA) is 3.24 Å². The van der Waals surface area contributed by atoms with E-state index in [2.05, 4.69) is 37.5 Å². The highest BCUT2D eigenvalue weighted by Crippen LogP contribution is 1.98. The fourth-order valence-corrected chi connectivity index (χ4v) is 1.65. The van der Waals surface area contributed by atoms with Gasteiger partial charge < -0.3 is 0 Å². The van der Waals surface area contributed by atoms with Crippen molar-refractivity contribution in [3.05, 3.63) is 24.8 Å². The molecule has 0 aromatic carbocycles. The maximum atomic E-state index is 3.72. The quantitative estimate of drug-likeness (QED) is 0.388. The van der Waals surface area contributed by atoms with E-state index in [1.54, 1.807) is 0 Å². The summed E-state index contributed by atoms with van der Waals surface area (Å²) >= 11 is 0. The molecule has 0 N–H and O–H groups in total. The van der Waals surface area contributed by atoms with Crippen molar-refractivity contribution in [1.29, 1.82) is 0 Å². The molecule has 0 fully saturated rings. The average Bonchev–Trinajstić information content (AvgIpc) is 2.24. The minimum atomic E-state index is 1.12. The molecule has 0 bridgehead atoms. The normalized spacial score (nSPS) is 11.4. The molecule has 88 valence electrons. The van der Waals surface area contributed by atoms with Crippen LogP contribution in [0.3, 0.4) is 0 Å². The molecule has 1 nitrogen and oxygen atoms in total. The van der Waals surface area contributed by atoms with Crippen molar-refractivity contribution in [1.82, 2.24) is 4.90 Å². The number of unbranched alkanes of at least 4 members (excludes halogenated alkanes) is 2. The van der Waals surface area contributed by atoms with Gasteiger partial charge in [-0.15, -0.1) is 6.58 Å². The fraction of sp³-hybridized carbons (Fsp3) is 0.714. The Morgan fingerprint density at radius 1 is 1.00 bits per heavy atom. The van der Waals surface area contributed by atoms with Crippen LogP contribution >= 0.6 is 0 Å². The maximum Gasteiger partial charge on any atom is 0.0163 e. The van der Waals surface area contributed by atoms with Crippen LogP contribution in [-0.2, 0) is 0 Å². The van der Waals surface area contributed by atoms with Gasteiger partial charge in [0.1, 0.15) is 0 Å². The van der Waals surface area contributed by atoms with Crippen molar-refractivity contribution in [3.63, 3.8) is 0 Å². The van der Waals surface area contributed by atoms with Crippen LogP contribution in [0.5, 0.6) is 0 Å². The van der Waals surface area contributed by atoms with Crippen LogP contribution in [0.4, 0.5) is 0 Å². The number of hydrogen-bond acceptors (Lipinski definition) is 1. The molecular formula is C14H27N. The van der Waals surface area contributed by atoms with E-state index in [1.807, 2.05) is 6.08 Å². The first-order valence-electron chi connectivity index (χ1n) is 6.33. The van der Waals surface area contributed by atoms with Gasteiger partial charge in [-0.2, -0.15) is 0 Å². The Morgan fingerprint density at radius 2 is 1.67 bits per heavy atom. The van der Waals surface area contributed by atoms with Crippen molar-refractivity contribution in [3.8, 4) is 0 Å². The summed E-state index contributed by atoms with van der Waals surface area (Å²) in [7, 11) is 0. The first kappa shape index (κ1) is 14.4. The van der Waals surface area contributed by atoms with E-state index in [1.165, 1.54) is 38.8 Å². The molecule has 0 spiro atoms. The molecule has 15 heavy (non-hydrogen) atoms. The molecule has 1 heteroatoms. The molecule has 0 aliphatic rings. The van der Waals surface area contributed by atoms with Crippen LogP contribution < -0.4 is 0 Å². The average molecular weight is 209 g/mol. The maximum absolute atomic E-state index is 3.72. The zero-order chi connectivity index (χ0) is 11.4. The number of rotatable bonds is 10. The van der Waals surface area contributed by atoms with Gasteiger partial charge in [-0.3, -0.25) is 4.90 Å². The van der Waals surface area contributed by atoms with Crippen LogP contribution in [0.2, 0.25) is 0 Å². The van der Waals surface area contributed by atoms with Crippen LogP contribution in [0, 0.1) is 0 Å². The molecule has 0 amide bonds. The van der Waals surface area contributed by atoms with Gasteiger partial charge in [0, 0.05) is 6.54 Å². The third-order valence-corrected chi connectivity index (χ3v) is 2.39. The summed E-state index contributed by atoms with van der Waals surface area (Å²) in [6, 6.07) is 0. The van der Waals surface area contributed by atoms with Gasteiger partial charge in [0.25, 0.3) is 0 Å². The van der Waals surface area contributed by atoms with Crippen molar-refractivity contribution in [2.75, 3.05) is 19.6 Å². The smallest absolute Gasteiger partial charge is 0.0163 e. The molecule has 0 saturated carbocycles. The van der Waals surface area contributed by atoms with E-state index >= 15 is 0 Å². The highest BCUT2D eigenvalue weighted by atomic mass is 15.1. The fourth-order valence-electron chi connectivity index (χ4n) is 1.65. The Labute approximate surface area is 95.9 Å². The molecular weight excluding hydrogens is 182 g/mol. The lowest BCUT2D eigenvalue weighted by Gasteiger charge is -2.18. The molecule has 0 aromatic rings. The third kappa shape index (κ3) is 9.74. The predicted octanol–water partition coefficient (Wildman–Crippen LogP) is 4.02. The molecule has 0 atom stereocenters. The van der Waals surface area contributed by atoms with E-state index in [0.717, 1.165) is 13.0 Å². The highest BCUT2D eigenvalue weighted by molar-refractivity contribution is 4.85. The van der Waals surface area contributed by atoms with E-state index in [9.17, 15) is 0 Å². The monoisotopic (exact) mass is 209 g/mol. The summed E-state index contributed by atoms with van der Waals surface area (Å²) in [4.78, 5) is 2.52. The van der Waals surface area contributed by atoms with Gasteiger partial charge in [-0.1, -0.05) is 32.1 Å². The summed E-state index contributed by atoms with van der Waals surface area (Å²) < 4.78 is 0. The van der Waals surface area contributed by atoms with Crippen molar-refractivity contribution >= 4 is 0 Å². The van der Waals surface area contributed by atoms with E-state index < -0.39 is 0 Å². The van der Waals surface area contributed by atoms with Crippen LogP contribution in [0.25, 0.3) is 0 Å². The van der Waals surface area contributed by atoms with E-state index in [-0.39, 0.29) is 0 Å². The second-order valence-corrected chi connectivity index (χ2v) is 3.99. The zero-order valence-corrected chi connectivity index (χ0v) is 10.5. The van der Waals surface area contributed by atoms with Gasteiger partial charge in [0.15, 0.2) is 0 Å². The zero-order valence-electron chi connectivity index (χ0n) is 10.5. The largest absolute Gasteiger partial charge is 0.300 e. The molecule has 0 rings (SSSR count). The second kappa shape index (κ2) is 11.5. The van der Waals surface area contributed by atoms with Gasteiger partial charge in [0.2, 0.25) is 0 Å². The number of hydrogen-bond donors (Lipinski definition) is 0. The molecule has 0 radical (unpaired) electrons. The van der Waals surface area contributed by atoms with Gasteiger partial charge in [-0.25, -0.2) is 0 Å². The van der Waals surface area contributed by atoms with Crippen molar-refractivity contribution in [2.24, 2.45) is 0 Å². The van der Waals surface area contributed by atoms with Crippen LogP contribution in [0.1, 0.15) is 46.0 Å². The molecule has 0 saturated heterocycles. The summed E-state index contributed by atoms with van der Waals surface area (Å²) in [5.41, 5.74) is 0. The summed E-state index contributed by atoms with van der Waals surface area (Å²) in [5, 5.41) is 0. The Bertz CT molecular complexity index is 155. The summed E-state index contributed by atoms with van der Waals surface area (Å²) in [5.74, 6) is 0. The number of nitrogens with zero attached hydrogens (tertiary/aromatic N) is 1. The molecule has 0 aliphatic carbocycles. The Balaban J connectivity index is 3.53. The van der Waals surface area contributed by atoms with Gasteiger partial charge in [0.05, 0.1) is 0 Å². The SMILES string of the molecule is C=CCCC/C=C/CN(CCC)CCC. The third-order valence-electron chi connectivity index (χ3n) is 2.39. The molecule has 0 aliphatic heterocycles. The lowest BCUT2D eigenvalue weighted by molar-refractivity contribution is 0.303. The predicted molar refractivity (Wildman–Crippen MR) is 70.2 cm³/mol. The summed E-state index contributed by atoms with van der Waals surface area (Å²) in [6.45, 7) is 11.8. The molecule has 0 aromatic heterocycles. The van der Waals surface area contributed by atoms with Crippen molar-refractivity contribution < 1.29 is 0 Å². The highest BCUT2D eigenvalue weighted by Gasteiger charge is 1.98. The first-order chi connectivity index (χ1) is 7.35. The second-order valence-electron chi connectivity index (χ2n) is 3.99.